The topological polar surface area (TPSA) is 96.0 Å². The molecule has 0 amide bonds. The van der Waals surface area contributed by atoms with Crippen molar-refractivity contribution in [3.63, 3.8) is 0 Å². The summed E-state index contributed by atoms with van der Waals surface area (Å²) in [4.78, 5) is 8.31. The van der Waals surface area contributed by atoms with Crippen molar-refractivity contribution in [2.75, 3.05) is 36.5 Å². The Balaban J connectivity index is 2.53. The highest BCUT2D eigenvalue weighted by molar-refractivity contribution is 9.10. The van der Waals surface area contributed by atoms with Gasteiger partial charge in [-0.25, -0.2) is 18.1 Å². The van der Waals surface area contributed by atoms with Crippen LogP contribution in [0.2, 0.25) is 0 Å². The summed E-state index contributed by atoms with van der Waals surface area (Å²) >= 11 is 3.32. The van der Waals surface area contributed by atoms with Gasteiger partial charge in [0, 0.05) is 25.8 Å². The van der Waals surface area contributed by atoms with E-state index in [1.807, 2.05) is 6.92 Å². The molecule has 0 radical (unpaired) electrons. The molecule has 0 atom stereocenters. The van der Waals surface area contributed by atoms with Gasteiger partial charge in [-0.3, -0.25) is 0 Å². The lowest BCUT2D eigenvalue weighted by atomic mass is 10.5. The van der Waals surface area contributed by atoms with Gasteiger partial charge in [0.1, 0.15) is 5.82 Å². The number of aromatic nitrogens is 2. The molecule has 0 fully saturated rings. The summed E-state index contributed by atoms with van der Waals surface area (Å²) in [5.74, 6) is 1.15. The number of nitrogens with one attached hydrogen (secondary N) is 3. The number of sulfonamides is 1. The predicted molar refractivity (Wildman–Crippen MR) is 75.2 cm³/mol. The summed E-state index contributed by atoms with van der Waals surface area (Å²) in [5.41, 5.74) is 0. The summed E-state index contributed by atoms with van der Waals surface area (Å²) in [7, 11) is -3.15. The largest absolute Gasteiger partial charge is 0.368 e. The van der Waals surface area contributed by atoms with Crippen molar-refractivity contribution in [3.05, 3.63) is 10.7 Å². The van der Waals surface area contributed by atoms with Crippen LogP contribution in [-0.4, -0.2) is 44.3 Å². The molecule has 102 valence electrons. The molecule has 1 aromatic heterocycles. The molecule has 0 aromatic carbocycles. The average Bonchev–Trinajstić information content (AvgIpc) is 2.27. The fourth-order valence-electron chi connectivity index (χ4n) is 1.15. The Morgan fingerprint density at radius 1 is 1.33 bits per heavy atom. The predicted octanol–water partition coefficient (Wildman–Crippen LogP) is 0.632. The van der Waals surface area contributed by atoms with Crippen LogP contribution in [0, 0.1) is 0 Å². The molecule has 0 aliphatic heterocycles. The smallest absolute Gasteiger partial charge is 0.224 e. The molecule has 18 heavy (non-hydrogen) atoms. The van der Waals surface area contributed by atoms with E-state index in [4.69, 9.17) is 0 Å². The second kappa shape index (κ2) is 6.86. The maximum atomic E-state index is 10.9. The molecule has 0 bridgehead atoms. The molecule has 0 saturated heterocycles. The molecule has 0 spiro atoms. The molecule has 0 aliphatic rings. The monoisotopic (exact) mass is 337 g/mol. The van der Waals surface area contributed by atoms with Gasteiger partial charge in [0.05, 0.1) is 10.7 Å². The molecule has 1 heterocycles. The highest BCUT2D eigenvalue weighted by atomic mass is 79.9. The second-order valence-electron chi connectivity index (χ2n) is 3.51. The highest BCUT2D eigenvalue weighted by Crippen LogP contribution is 2.19. The van der Waals surface area contributed by atoms with E-state index in [9.17, 15) is 8.42 Å². The van der Waals surface area contributed by atoms with Gasteiger partial charge >= 0.3 is 0 Å². The van der Waals surface area contributed by atoms with E-state index in [1.165, 1.54) is 0 Å². The number of rotatable bonds is 7. The summed E-state index contributed by atoms with van der Waals surface area (Å²) < 4.78 is 24.8. The number of hydrogen-bond donors (Lipinski definition) is 3. The quantitative estimate of drug-likeness (QED) is 0.631. The standard InChI is InChI=1S/C9H16BrN5O2S/c1-3-11-9-13-6-7(10)8(15-9)12-4-5-14-18(2,16)17/h6,14H,3-5H2,1-2H3,(H2,11,12,13,15). The van der Waals surface area contributed by atoms with Crippen molar-refractivity contribution in [2.24, 2.45) is 0 Å². The van der Waals surface area contributed by atoms with Crippen molar-refractivity contribution >= 4 is 37.7 Å². The molecule has 9 heteroatoms. The van der Waals surface area contributed by atoms with Gasteiger partial charge in [0.2, 0.25) is 16.0 Å². The Kier molecular flexibility index (Phi) is 5.76. The third-order valence-electron chi connectivity index (χ3n) is 1.86. The zero-order chi connectivity index (χ0) is 13.6. The van der Waals surface area contributed by atoms with E-state index in [-0.39, 0.29) is 0 Å². The van der Waals surface area contributed by atoms with Crippen LogP contribution in [0.4, 0.5) is 11.8 Å². The lowest BCUT2D eigenvalue weighted by Gasteiger charge is -2.09. The zero-order valence-corrected chi connectivity index (χ0v) is 12.6. The normalized spacial score (nSPS) is 11.3. The van der Waals surface area contributed by atoms with E-state index in [0.717, 1.165) is 17.3 Å². The van der Waals surface area contributed by atoms with Gasteiger partial charge in [-0.15, -0.1) is 0 Å². The van der Waals surface area contributed by atoms with Crippen LogP contribution in [0.15, 0.2) is 10.7 Å². The van der Waals surface area contributed by atoms with Crippen LogP contribution >= 0.6 is 15.9 Å². The zero-order valence-electron chi connectivity index (χ0n) is 10.2. The van der Waals surface area contributed by atoms with Gasteiger partial charge in [0.15, 0.2) is 0 Å². The summed E-state index contributed by atoms with van der Waals surface area (Å²) in [5, 5.41) is 6.01. The maximum absolute atomic E-state index is 10.9. The van der Waals surface area contributed by atoms with Crippen molar-refractivity contribution in [2.45, 2.75) is 6.92 Å². The van der Waals surface area contributed by atoms with Gasteiger partial charge in [0.25, 0.3) is 0 Å². The minimum Gasteiger partial charge on any atom is -0.368 e. The number of hydrogen-bond acceptors (Lipinski definition) is 6. The van der Waals surface area contributed by atoms with E-state index in [0.29, 0.717) is 24.9 Å². The van der Waals surface area contributed by atoms with Crippen molar-refractivity contribution < 1.29 is 8.42 Å². The second-order valence-corrected chi connectivity index (χ2v) is 6.20. The van der Waals surface area contributed by atoms with Gasteiger partial charge in [-0.05, 0) is 22.9 Å². The van der Waals surface area contributed by atoms with Crippen molar-refractivity contribution in [1.29, 1.82) is 0 Å². The van der Waals surface area contributed by atoms with Gasteiger partial charge in [-0.2, -0.15) is 4.98 Å². The van der Waals surface area contributed by atoms with Crippen molar-refractivity contribution in [3.8, 4) is 0 Å². The third kappa shape index (κ3) is 5.61. The first-order valence-corrected chi connectivity index (χ1v) is 8.05. The van der Waals surface area contributed by atoms with E-state index < -0.39 is 10.0 Å². The number of halogens is 1. The fourth-order valence-corrected chi connectivity index (χ4v) is 1.96. The molecule has 0 aliphatic carbocycles. The van der Waals surface area contributed by atoms with E-state index in [1.54, 1.807) is 6.20 Å². The van der Waals surface area contributed by atoms with Crippen LogP contribution in [0.5, 0.6) is 0 Å². The van der Waals surface area contributed by atoms with Gasteiger partial charge < -0.3 is 10.6 Å². The summed E-state index contributed by atoms with van der Waals surface area (Å²) in [6.45, 7) is 3.42. The third-order valence-corrected chi connectivity index (χ3v) is 3.17. The van der Waals surface area contributed by atoms with Crippen LogP contribution in [0.3, 0.4) is 0 Å². The minimum absolute atomic E-state index is 0.297. The van der Waals surface area contributed by atoms with E-state index in [2.05, 4.69) is 41.3 Å². The Labute approximate surface area is 115 Å². The molecular formula is C9H16BrN5O2S. The Hall–Kier alpha value is -0.930. The van der Waals surface area contributed by atoms with Crippen LogP contribution in [0.25, 0.3) is 0 Å². The van der Waals surface area contributed by atoms with Gasteiger partial charge in [-0.1, -0.05) is 0 Å². The number of anilines is 2. The number of nitrogens with zero attached hydrogens (tertiary/aromatic N) is 2. The molecular weight excluding hydrogens is 322 g/mol. The maximum Gasteiger partial charge on any atom is 0.224 e. The van der Waals surface area contributed by atoms with Crippen LogP contribution < -0.4 is 15.4 Å². The van der Waals surface area contributed by atoms with E-state index >= 15 is 0 Å². The molecule has 1 rings (SSSR count). The fraction of sp³-hybridized carbons (Fsp3) is 0.556. The lowest BCUT2D eigenvalue weighted by molar-refractivity contribution is 0.589. The van der Waals surface area contributed by atoms with Crippen molar-refractivity contribution in [1.82, 2.24) is 14.7 Å². The minimum atomic E-state index is -3.15. The average molecular weight is 338 g/mol. The molecule has 3 N–H and O–H groups in total. The molecule has 0 saturated carbocycles. The first-order valence-electron chi connectivity index (χ1n) is 5.37. The Bertz CT molecular complexity index is 494. The highest BCUT2D eigenvalue weighted by Gasteiger charge is 2.04. The SMILES string of the molecule is CCNc1ncc(Br)c(NCCNS(C)(=O)=O)n1. The summed E-state index contributed by atoms with van der Waals surface area (Å²) in [6, 6.07) is 0. The first kappa shape index (κ1) is 15.1. The molecule has 7 nitrogen and oxygen atoms in total. The Morgan fingerprint density at radius 3 is 2.67 bits per heavy atom. The summed E-state index contributed by atoms with van der Waals surface area (Å²) in [6.07, 6.45) is 2.76. The Morgan fingerprint density at radius 2 is 2.06 bits per heavy atom. The van der Waals surface area contributed by atoms with Crippen LogP contribution in [-0.2, 0) is 10.0 Å². The molecule has 0 unspecified atom stereocenters. The lowest BCUT2D eigenvalue weighted by Crippen LogP contribution is -2.27. The molecule has 1 aromatic rings. The first-order chi connectivity index (χ1) is 8.42. The van der Waals surface area contributed by atoms with Crippen LogP contribution in [0.1, 0.15) is 6.92 Å².